The highest BCUT2D eigenvalue weighted by atomic mass is 32.2. The third kappa shape index (κ3) is 6.26. The Hall–Kier alpha value is -1.27. The monoisotopic (exact) mass is 248 g/mol. The lowest BCUT2D eigenvalue weighted by atomic mass is 10.3. The second-order valence-electron chi connectivity index (χ2n) is 3.42. The fourth-order valence-electron chi connectivity index (χ4n) is 0.902. The summed E-state index contributed by atoms with van der Waals surface area (Å²) in [5.41, 5.74) is 8.00. The molecule has 16 heavy (non-hydrogen) atoms. The number of carbonyl (C=O) groups excluding carboxylic acids is 1. The van der Waals surface area contributed by atoms with Gasteiger partial charge in [-0.05, 0) is 25.3 Å². The minimum absolute atomic E-state index is 0.383. The van der Waals surface area contributed by atoms with Crippen molar-refractivity contribution < 1.29 is 13.2 Å². The van der Waals surface area contributed by atoms with Crippen molar-refractivity contribution in [2.45, 2.75) is 25.0 Å². The van der Waals surface area contributed by atoms with Crippen molar-refractivity contribution in [1.29, 1.82) is 0 Å². The predicted molar refractivity (Wildman–Crippen MR) is 60.6 cm³/mol. The molecule has 0 aromatic rings. The van der Waals surface area contributed by atoms with E-state index in [1.165, 1.54) is 6.92 Å². The van der Waals surface area contributed by atoms with E-state index in [1.54, 1.807) is 0 Å². The van der Waals surface area contributed by atoms with Gasteiger partial charge < -0.3 is 5.32 Å². The Morgan fingerprint density at radius 3 is 2.62 bits per heavy atom. The lowest BCUT2D eigenvalue weighted by molar-refractivity contribution is -0.120. The molecule has 0 radical (unpaired) electrons. The van der Waals surface area contributed by atoms with Crippen LogP contribution in [0.2, 0.25) is 0 Å². The van der Waals surface area contributed by atoms with Crippen molar-refractivity contribution in [2.24, 2.45) is 5.11 Å². The van der Waals surface area contributed by atoms with Crippen LogP contribution < -0.4 is 5.32 Å². The average molecular weight is 248 g/mol. The van der Waals surface area contributed by atoms with Gasteiger partial charge in [0.2, 0.25) is 5.91 Å². The minimum Gasteiger partial charge on any atom is -0.355 e. The van der Waals surface area contributed by atoms with Crippen LogP contribution in [-0.4, -0.2) is 38.9 Å². The van der Waals surface area contributed by atoms with Crippen LogP contribution in [0.4, 0.5) is 0 Å². The Kier molecular flexibility index (Phi) is 6.52. The maximum Gasteiger partial charge on any atom is 0.238 e. The first kappa shape index (κ1) is 14.7. The van der Waals surface area contributed by atoms with Crippen molar-refractivity contribution >= 4 is 15.7 Å². The highest BCUT2D eigenvalue weighted by Crippen LogP contribution is 1.97. The van der Waals surface area contributed by atoms with Crippen LogP contribution in [0, 0.1) is 0 Å². The van der Waals surface area contributed by atoms with Crippen LogP contribution in [-0.2, 0) is 14.6 Å². The van der Waals surface area contributed by atoms with Crippen LogP contribution in [0.1, 0.15) is 19.8 Å². The Bertz CT molecular complexity index is 373. The molecule has 1 unspecified atom stereocenters. The van der Waals surface area contributed by atoms with E-state index in [0.717, 1.165) is 6.26 Å². The zero-order valence-corrected chi connectivity index (χ0v) is 10.2. The van der Waals surface area contributed by atoms with Gasteiger partial charge in [0.1, 0.15) is 5.25 Å². The first-order chi connectivity index (χ1) is 7.39. The molecule has 1 atom stereocenters. The standard InChI is InChI=1S/C8H16N4O3S/c1-7(16(2,14)15)8(13)10-5-3-4-6-11-12-9/h7H,3-6H2,1-2H3,(H,10,13). The summed E-state index contributed by atoms with van der Waals surface area (Å²) < 4.78 is 22.1. The Morgan fingerprint density at radius 1 is 1.50 bits per heavy atom. The first-order valence-electron chi connectivity index (χ1n) is 4.87. The van der Waals surface area contributed by atoms with E-state index in [4.69, 9.17) is 5.53 Å². The van der Waals surface area contributed by atoms with Crippen molar-refractivity contribution in [3.8, 4) is 0 Å². The van der Waals surface area contributed by atoms with Gasteiger partial charge in [-0.2, -0.15) is 0 Å². The molecule has 0 spiro atoms. The number of carbonyl (C=O) groups is 1. The van der Waals surface area contributed by atoms with Gasteiger partial charge >= 0.3 is 0 Å². The molecule has 92 valence electrons. The molecule has 0 saturated carbocycles. The number of nitrogens with zero attached hydrogens (tertiary/aromatic N) is 3. The number of hydrogen-bond acceptors (Lipinski definition) is 4. The zero-order valence-electron chi connectivity index (χ0n) is 9.38. The lowest BCUT2D eigenvalue weighted by Crippen LogP contribution is -2.37. The molecule has 1 N–H and O–H groups in total. The molecule has 0 heterocycles. The fraction of sp³-hybridized carbons (Fsp3) is 0.875. The number of unbranched alkanes of at least 4 members (excludes halogenated alkanes) is 1. The van der Waals surface area contributed by atoms with Gasteiger partial charge in [0.25, 0.3) is 0 Å². The maximum absolute atomic E-state index is 11.3. The highest BCUT2D eigenvalue weighted by Gasteiger charge is 2.22. The van der Waals surface area contributed by atoms with Crippen molar-refractivity contribution in [3.63, 3.8) is 0 Å². The van der Waals surface area contributed by atoms with Gasteiger partial charge in [0.15, 0.2) is 9.84 Å². The summed E-state index contributed by atoms with van der Waals surface area (Å²) >= 11 is 0. The highest BCUT2D eigenvalue weighted by molar-refractivity contribution is 7.92. The topological polar surface area (TPSA) is 112 Å². The summed E-state index contributed by atoms with van der Waals surface area (Å²) in [4.78, 5) is 13.9. The SMILES string of the molecule is CC(C(=O)NCCCCN=[N+]=[N-])S(C)(=O)=O. The minimum atomic E-state index is -3.33. The van der Waals surface area contributed by atoms with E-state index in [0.29, 0.717) is 25.9 Å². The summed E-state index contributed by atoms with van der Waals surface area (Å²) in [6, 6.07) is 0. The summed E-state index contributed by atoms with van der Waals surface area (Å²) in [6.45, 7) is 2.12. The molecule has 0 aliphatic heterocycles. The van der Waals surface area contributed by atoms with E-state index in [9.17, 15) is 13.2 Å². The Morgan fingerprint density at radius 2 is 2.12 bits per heavy atom. The van der Waals surface area contributed by atoms with Crippen molar-refractivity contribution in [3.05, 3.63) is 10.4 Å². The van der Waals surface area contributed by atoms with Crippen LogP contribution >= 0.6 is 0 Å². The molecule has 0 saturated heterocycles. The van der Waals surface area contributed by atoms with Gasteiger partial charge in [-0.15, -0.1) is 0 Å². The molecule has 1 amide bonds. The van der Waals surface area contributed by atoms with E-state index in [1.807, 2.05) is 0 Å². The Labute approximate surface area is 94.8 Å². The smallest absolute Gasteiger partial charge is 0.238 e. The predicted octanol–water partition coefficient (Wildman–Crippen LogP) is 0.626. The summed E-state index contributed by atoms with van der Waals surface area (Å²) in [7, 11) is -3.33. The summed E-state index contributed by atoms with van der Waals surface area (Å²) in [6.07, 6.45) is 2.34. The second kappa shape index (κ2) is 7.08. The summed E-state index contributed by atoms with van der Waals surface area (Å²) in [5, 5.41) is 4.82. The molecule has 0 fully saturated rings. The van der Waals surface area contributed by atoms with E-state index in [2.05, 4.69) is 15.3 Å². The van der Waals surface area contributed by atoms with E-state index < -0.39 is 21.0 Å². The Balaban J connectivity index is 3.78. The van der Waals surface area contributed by atoms with Crippen LogP contribution in [0.15, 0.2) is 5.11 Å². The number of hydrogen-bond donors (Lipinski definition) is 1. The molecule has 0 aliphatic rings. The van der Waals surface area contributed by atoms with Gasteiger partial charge in [-0.25, -0.2) is 8.42 Å². The van der Waals surface area contributed by atoms with Crippen LogP contribution in [0.5, 0.6) is 0 Å². The quantitative estimate of drug-likeness (QED) is 0.308. The van der Waals surface area contributed by atoms with Crippen molar-refractivity contribution in [2.75, 3.05) is 19.3 Å². The number of sulfone groups is 1. The van der Waals surface area contributed by atoms with Gasteiger partial charge in [-0.3, -0.25) is 4.79 Å². The molecular formula is C8H16N4O3S. The first-order valence-corrected chi connectivity index (χ1v) is 6.82. The third-order valence-corrected chi connectivity index (χ3v) is 3.56. The normalized spacial score (nSPS) is 12.6. The third-order valence-electron chi connectivity index (χ3n) is 2.06. The molecule has 0 aromatic carbocycles. The number of amides is 1. The van der Waals surface area contributed by atoms with Gasteiger partial charge in [-0.1, -0.05) is 5.11 Å². The molecule has 0 rings (SSSR count). The average Bonchev–Trinajstić information content (AvgIpc) is 2.20. The second-order valence-corrected chi connectivity index (χ2v) is 5.79. The number of azide groups is 1. The number of rotatable bonds is 7. The van der Waals surface area contributed by atoms with Crippen molar-refractivity contribution in [1.82, 2.24) is 5.32 Å². The molecular weight excluding hydrogens is 232 g/mol. The molecule has 0 aromatic heterocycles. The maximum atomic E-state index is 11.3. The van der Waals surface area contributed by atoms with Crippen LogP contribution in [0.25, 0.3) is 10.4 Å². The zero-order chi connectivity index (χ0) is 12.6. The molecule has 8 heteroatoms. The van der Waals surface area contributed by atoms with E-state index in [-0.39, 0.29) is 0 Å². The fourth-order valence-corrected chi connectivity index (χ4v) is 1.37. The van der Waals surface area contributed by atoms with E-state index >= 15 is 0 Å². The van der Waals surface area contributed by atoms with Crippen LogP contribution in [0.3, 0.4) is 0 Å². The molecule has 0 bridgehead atoms. The molecule has 0 aliphatic carbocycles. The number of nitrogens with one attached hydrogen (secondary N) is 1. The van der Waals surface area contributed by atoms with Gasteiger partial charge in [0.05, 0.1) is 0 Å². The lowest BCUT2D eigenvalue weighted by Gasteiger charge is -2.09. The van der Waals surface area contributed by atoms with Gasteiger partial charge in [0, 0.05) is 24.3 Å². The largest absolute Gasteiger partial charge is 0.355 e. The summed E-state index contributed by atoms with van der Waals surface area (Å²) in [5.74, 6) is -0.494. The molecule has 7 nitrogen and oxygen atoms in total.